The minimum atomic E-state index is -0.199. The van der Waals surface area contributed by atoms with E-state index in [9.17, 15) is 4.79 Å². The van der Waals surface area contributed by atoms with E-state index in [0.717, 1.165) is 11.4 Å². The lowest BCUT2D eigenvalue weighted by atomic mass is 10.2. The van der Waals surface area contributed by atoms with Crippen molar-refractivity contribution in [2.24, 2.45) is 5.92 Å². The molecule has 128 valence electrons. The monoisotopic (exact) mass is 328 g/mol. The average molecular weight is 328 g/mol. The summed E-state index contributed by atoms with van der Waals surface area (Å²) in [5.74, 6) is 1.57. The molecular formula is C18H24N4O2. The number of aromatic nitrogens is 2. The molecule has 24 heavy (non-hydrogen) atoms. The Morgan fingerprint density at radius 1 is 1.12 bits per heavy atom. The number of anilines is 2. The van der Waals surface area contributed by atoms with Gasteiger partial charge in [0.2, 0.25) is 0 Å². The Balaban J connectivity index is 2.02. The highest BCUT2D eigenvalue weighted by molar-refractivity contribution is 5.92. The van der Waals surface area contributed by atoms with Gasteiger partial charge in [0.25, 0.3) is 5.91 Å². The molecule has 0 saturated heterocycles. The van der Waals surface area contributed by atoms with Crippen LogP contribution in [-0.2, 0) is 0 Å². The van der Waals surface area contributed by atoms with Gasteiger partial charge in [0.15, 0.2) is 0 Å². The smallest absolute Gasteiger partial charge is 0.270 e. The van der Waals surface area contributed by atoms with E-state index >= 15 is 0 Å². The standard InChI is InChI=1S/C18H24N4O2/c1-12(2)10-19-18(23)16-9-17(21-11-20-16)22-14-5-7-15(8-6-14)24-13(3)4/h5-9,11-13H,10H2,1-4H3,(H,19,23)(H,20,21,22). The number of nitrogens with one attached hydrogen (secondary N) is 2. The van der Waals surface area contributed by atoms with E-state index in [1.54, 1.807) is 6.07 Å². The number of carbonyl (C=O) groups excluding carboxylic acids is 1. The molecule has 0 saturated carbocycles. The summed E-state index contributed by atoms with van der Waals surface area (Å²) in [6.45, 7) is 8.67. The zero-order valence-electron chi connectivity index (χ0n) is 14.5. The van der Waals surface area contributed by atoms with Gasteiger partial charge in [-0.15, -0.1) is 0 Å². The second-order valence-corrected chi connectivity index (χ2v) is 6.21. The maximum Gasteiger partial charge on any atom is 0.270 e. The van der Waals surface area contributed by atoms with Crippen LogP contribution in [0.4, 0.5) is 11.5 Å². The van der Waals surface area contributed by atoms with Gasteiger partial charge in [-0.1, -0.05) is 13.8 Å². The number of rotatable bonds is 7. The first-order valence-electron chi connectivity index (χ1n) is 8.08. The number of nitrogens with zero attached hydrogens (tertiary/aromatic N) is 2. The normalized spacial score (nSPS) is 10.8. The largest absolute Gasteiger partial charge is 0.491 e. The number of amides is 1. The molecule has 1 aromatic heterocycles. The Hall–Kier alpha value is -2.63. The molecular weight excluding hydrogens is 304 g/mol. The fraction of sp³-hybridized carbons (Fsp3) is 0.389. The van der Waals surface area contributed by atoms with Crippen molar-refractivity contribution >= 4 is 17.4 Å². The third kappa shape index (κ3) is 5.53. The number of ether oxygens (including phenoxy) is 1. The van der Waals surface area contributed by atoms with Crippen LogP contribution in [-0.4, -0.2) is 28.5 Å². The molecule has 1 amide bonds. The molecule has 1 heterocycles. The average Bonchev–Trinajstić information content (AvgIpc) is 2.54. The van der Waals surface area contributed by atoms with Crippen LogP contribution in [0.15, 0.2) is 36.7 Å². The van der Waals surface area contributed by atoms with Gasteiger partial charge in [-0.25, -0.2) is 9.97 Å². The van der Waals surface area contributed by atoms with Crippen molar-refractivity contribution in [3.8, 4) is 5.75 Å². The molecule has 0 unspecified atom stereocenters. The van der Waals surface area contributed by atoms with Gasteiger partial charge in [0.05, 0.1) is 6.10 Å². The Morgan fingerprint density at radius 2 is 1.83 bits per heavy atom. The van der Waals surface area contributed by atoms with Gasteiger partial charge in [-0.2, -0.15) is 0 Å². The van der Waals surface area contributed by atoms with Crippen molar-refractivity contribution in [3.05, 3.63) is 42.4 Å². The summed E-state index contributed by atoms with van der Waals surface area (Å²) >= 11 is 0. The summed E-state index contributed by atoms with van der Waals surface area (Å²) in [6, 6.07) is 9.21. The second-order valence-electron chi connectivity index (χ2n) is 6.21. The Labute approximate surface area is 142 Å². The fourth-order valence-electron chi connectivity index (χ4n) is 1.97. The lowest BCUT2D eigenvalue weighted by Crippen LogP contribution is -2.28. The molecule has 2 aromatic rings. The van der Waals surface area contributed by atoms with Crippen molar-refractivity contribution in [2.75, 3.05) is 11.9 Å². The predicted molar refractivity (Wildman–Crippen MR) is 94.7 cm³/mol. The van der Waals surface area contributed by atoms with E-state index in [1.807, 2.05) is 52.0 Å². The summed E-state index contributed by atoms with van der Waals surface area (Å²) in [5, 5.41) is 6.00. The molecule has 0 radical (unpaired) electrons. The zero-order valence-corrected chi connectivity index (χ0v) is 14.5. The van der Waals surface area contributed by atoms with Crippen LogP contribution in [0.25, 0.3) is 0 Å². The molecule has 6 heteroatoms. The van der Waals surface area contributed by atoms with Crippen molar-refractivity contribution in [1.29, 1.82) is 0 Å². The van der Waals surface area contributed by atoms with Gasteiger partial charge in [-0.05, 0) is 44.0 Å². The van der Waals surface area contributed by atoms with Gasteiger partial charge in [-0.3, -0.25) is 4.79 Å². The van der Waals surface area contributed by atoms with E-state index < -0.39 is 0 Å². The van der Waals surface area contributed by atoms with Crippen molar-refractivity contribution in [3.63, 3.8) is 0 Å². The fourth-order valence-corrected chi connectivity index (χ4v) is 1.97. The summed E-state index contributed by atoms with van der Waals surface area (Å²) in [5.41, 5.74) is 1.20. The van der Waals surface area contributed by atoms with E-state index in [2.05, 4.69) is 20.6 Å². The number of carbonyl (C=O) groups is 1. The molecule has 0 spiro atoms. The van der Waals surface area contributed by atoms with Crippen LogP contribution < -0.4 is 15.4 Å². The minimum absolute atomic E-state index is 0.137. The first kappa shape index (κ1) is 17.7. The molecule has 0 bridgehead atoms. The molecule has 0 atom stereocenters. The molecule has 0 fully saturated rings. The van der Waals surface area contributed by atoms with Crippen LogP contribution in [0.1, 0.15) is 38.2 Å². The van der Waals surface area contributed by atoms with Crippen LogP contribution in [0.5, 0.6) is 5.75 Å². The molecule has 6 nitrogen and oxygen atoms in total. The second kappa shape index (κ2) is 8.29. The van der Waals surface area contributed by atoms with Crippen LogP contribution in [0, 0.1) is 5.92 Å². The van der Waals surface area contributed by atoms with Gasteiger partial charge >= 0.3 is 0 Å². The summed E-state index contributed by atoms with van der Waals surface area (Å²) in [7, 11) is 0. The Bertz CT molecular complexity index is 669. The number of benzene rings is 1. The SMILES string of the molecule is CC(C)CNC(=O)c1cc(Nc2ccc(OC(C)C)cc2)ncn1. The molecule has 2 rings (SSSR count). The lowest BCUT2D eigenvalue weighted by molar-refractivity contribution is 0.0944. The summed E-state index contributed by atoms with van der Waals surface area (Å²) in [4.78, 5) is 20.2. The topological polar surface area (TPSA) is 76.1 Å². The van der Waals surface area contributed by atoms with Gasteiger partial charge in [0, 0.05) is 18.3 Å². The van der Waals surface area contributed by atoms with E-state index in [0.29, 0.717) is 24.0 Å². The Morgan fingerprint density at radius 3 is 2.46 bits per heavy atom. The quantitative estimate of drug-likeness (QED) is 0.815. The maximum absolute atomic E-state index is 12.1. The Kier molecular flexibility index (Phi) is 6.12. The molecule has 0 aliphatic heterocycles. The third-order valence-corrected chi connectivity index (χ3v) is 3.07. The van der Waals surface area contributed by atoms with E-state index in [4.69, 9.17) is 4.74 Å². The molecule has 0 aliphatic rings. The highest BCUT2D eigenvalue weighted by Gasteiger charge is 2.09. The number of hydrogen-bond acceptors (Lipinski definition) is 5. The minimum Gasteiger partial charge on any atom is -0.491 e. The number of hydrogen-bond donors (Lipinski definition) is 2. The van der Waals surface area contributed by atoms with Crippen LogP contribution in [0.2, 0.25) is 0 Å². The van der Waals surface area contributed by atoms with Crippen LogP contribution >= 0.6 is 0 Å². The van der Waals surface area contributed by atoms with Crippen molar-refractivity contribution in [2.45, 2.75) is 33.8 Å². The first-order chi connectivity index (χ1) is 11.4. The highest BCUT2D eigenvalue weighted by atomic mass is 16.5. The third-order valence-electron chi connectivity index (χ3n) is 3.07. The van der Waals surface area contributed by atoms with E-state index in [-0.39, 0.29) is 12.0 Å². The summed E-state index contributed by atoms with van der Waals surface area (Å²) in [6.07, 6.45) is 1.51. The lowest BCUT2D eigenvalue weighted by Gasteiger charge is -2.11. The van der Waals surface area contributed by atoms with Gasteiger partial charge < -0.3 is 15.4 Å². The van der Waals surface area contributed by atoms with E-state index in [1.165, 1.54) is 6.33 Å². The predicted octanol–water partition coefficient (Wildman–Crippen LogP) is 3.39. The summed E-state index contributed by atoms with van der Waals surface area (Å²) < 4.78 is 5.61. The first-order valence-corrected chi connectivity index (χ1v) is 8.08. The van der Waals surface area contributed by atoms with Crippen molar-refractivity contribution < 1.29 is 9.53 Å². The van der Waals surface area contributed by atoms with Gasteiger partial charge in [0.1, 0.15) is 23.6 Å². The van der Waals surface area contributed by atoms with Crippen molar-refractivity contribution in [1.82, 2.24) is 15.3 Å². The molecule has 1 aromatic carbocycles. The molecule has 0 aliphatic carbocycles. The molecule has 2 N–H and O–H groups in total. The zero-order chi connectivity index (χ0) is 17.5. The maximum atomic E-state index is 12.1. The highest BCUT2D eigenvalue weighted by Crippen LogP contribution is 2.19. The van der Waals surface area contributed by atoms with Crippen LogP contribution in [0.3, 0.4) is 0 Å².